The molecule has 1 atom stereocenters. The number of carbonyl (C=O) groups is 2. The molecule has 9 nitrogen and oxygen atoms in total. The van der Waals surface area contributed by atoms with Crippen molar-refractivity contribution in [3.8, 4) is 11.5 Å². The Morgan fingerprint density at radius 1 is 0.909 bits per heavy atom. The van der Waals surface area contributed by atoms with Gasteiger partial charge in [-0.15, -0.1) is 0 Å². The van der Waals surface area contributed by atoms with Gasteiger partial charge in [0.05, 0.1) is 26.2 Å². The minimum absolute atomic E-state index is 0.0407. The number of hydrogen-bond donors (Lipinski definition) is 1. The molecule has 0 heterocycles. The van der Waals surface area contributed by atoms with Crippen LogP contribution in [0.5, 0.6) is 11.5 Å². The van der Waals surface area contributed by atoms with E-state index >= 15 is 0 Å². The van der Waals surface area contributed by atoms with Crippen molar-refractivity contribution < 1.29 is 27.5 Å². The molecular weight excluding hydrogens is 578 g/mol. The number of aryl methyl sites for hydroxylation is 1. The molecule has 1 saturated carbocycles. The van der Waals surface area contributed by atoms with E-state index in [4.69, 9.17) is 9.47 Å². The summed E-state index contributed by atoms with van der Waals surface area (Å²) in [5.74, 6) is -0.0781. The number of nitrogens with one attached hydrogen (secondary N) is 1. The molecule has 0 saturated heterocycles. The topological polar surface area (TPSA) is 105 Å². The zero-order valence-corrected chi connectivity index (χ0v) is 26.8. The maximum atomic E-state index is 14.4. The third kappa shape index (κ3) is 8.75. The lowest BCUT2D eigenvalue weighted by molar-refractivity contribution is -0.140. The van der Waals surface area contributed by atoms with Gasteiger partial charge in [0, 0.05) is 25.1 Å². The van der Waals surface area contributed by atoms with E-state index in [0.29, 0.717) is 5.75 Å². The SMILES string of the molecule is COc1ccc(OC)c(N(CC(=O)N(Cc2cccc(C)c2)[C@@H](Cc2ccccc2)C(=O)NC2CCCCC2)S(C)(=O)=O)c1. The van der Waals surface area contributed by atoms with Gasteiger partial charge >= 0.3 is 0 Å². The molecule has 0 bridgehead atoms. The molecule has 1 N–H and O–H groups in total. The Labute approximate surface area is 261 Å². The van der Waals surface area contributed by atoms with E-state index in [1.807, 2.05) is 61.5 Å². The van der Waals surface area contributed by atoms with Crippen molar-refractivity contribution in [2.75, 3.05) is 31.3 Å². The van der Waals surface area contributed by atoms with Crippen LogP contribution in [0.2, 0.25) is 0 Å². The van der Waals surface area contributed by atoms with Crippen molar-refractivity contribution in [1.82, 2.24) is 10.2 Å². The average molecular weight is 622 g/mol. The van der Waals surface area contributed by atoms with E-state index in [2.05, 4.69) is 5.32 Å². The number of amides is 2. The molecule has 3 aromatic carbocycles. The van der Waals surface area contributed by atoms with E-state index in [-0.39, 0.29) is 36.4 Å². The number of sulfonamides is 1. The van der Waals surface area contributed by atoms with Gasteiger partial charge in [-0.25, -0.2) is 8.42 Å². The van der Waals surface area contributed by atoms with Crippen LogP contribution in [0.15, 0.2) is 72.8 Å². The van der Waals surface area contributed by atoms with E-state index in [1.165, 1.54) is 25.2 Å². The highest BCUT2D eigenvalue weighted by molar-refractivity contribution is 7.92. The van der Waals surface area contributed by atoms with Crippen molar-refractivity contribution >= 4 is 27.5 Å². The number of benzene rings is 3. The Kier molecular flexibility index (Phi) is 11.3. The van der Waals surface area contributed by atoms with Crippen LogP contribution >= 0.6 is 0 Å². The van der Waals surface area contributed by atoms with E-state index in [0.717, 1.165) is 59.4 Å². The van der Waals surface area contributed by atoms with Gasteiger partial charge in [-0.3, -0.25) is 13.9 Å². The number of anilines is 1. The molecule has 0 unspecified atom stereocenters. The predicted molar refractivity (Wildman–Crippen MR) is 172 cm³/mol. The van der Waals surface area contributed by atoms with Gasteiger partial charge in [-0.1, -0.05) is 79.4 Å². The van der Waals surface area contributed by atoms with Crippen LogP contribution in [0.25, 0.3) is 0 Å². The fourth-order valence-corrected chi connectivity index (χ4v) is 6.54. The number of nitrogens with zero attached hydrogens (tertiary/aromatic N) is 2. The van der Waals surface area contributed by atoms with Gasteiger partial charge in [-0.05, 0) is 43.0 Å². The summed E-state index contributed by atoms with van der Waals surface area (Å²) in [5.41, 5.74) is 2.92. The second-order valence-corrected chi connectivity index (χ2v) is 13.3. The summed E-state index contributed by atoms with van der Waals surface area (Å²) in [4.78, 5) is 30.0. The molecule has 3 aromatic rings. The van der Waals surface area contributed by atoms with Crippen LogP contribution in [-0.4, -0.2) is 64.2 Å². The summed E-state index contributed by atoms with van der Waals surface area (Å²) in [6, 6.07) is 21.3. The van der Waals surface area contributed by atoms with Crippen molar-refractivity contribution in [3.63, 3.8) is 0 Å². The van der Waals surface area contributed by atoms with Crippen LogP contribution in [0, 0.1) is 6.92 Å². The van der Waals surface area contributed by atoms with Gasteiger partial charge < -0.3 is 19.7 Å². The zero-order chi connectivity index (χ0) is 31.7. The Morgan fingerprint density at radius 3 is 2.25 bits per heavy atom. The van der Waals surface area contributed by atoms with Crippen LogP contribution in [0.3, 0.4) is 0 Å². The molecule has 4 rings (SSSR count). The van der Waals surface area contributed by atoms with Crippen molar-refractivity contribution in [2.24, 2.45) is 0 Å². The molecule has 0 aromatic heterocycles. The highest BCUT2D eigenvalue weighted by Gasteiger charge is 2.34. The Bertz CT molecular complexity index is 1520. The lowest BCUT2D eigenvalue weighted by atomic mass is 9.94. The molecule has 0 radical (unpaired) electrons. The smallest absolute Gasteiger partial charge is 0.244 e. The molecule has 10 heteroatoms. The van der Waals surface area contributed by atoms with Gasteiger partial charge in [-0.2, -0.15) is 0 Å². The van der Waals surface area contributed by atoms with Crippen LogP contribution in [0.1, 0.15) is 48.8 Å². The highest BCUT2D eigenvalue weighted by Crippen LogP contribution is 2.34. The van der Waals surface area contributed by atoms with Crippen molar-refractivity contribution in [2.45, 2.75) is 64.1 Å². The van der Waals surface area contributed by atoms with E-state index in [1.54, 1.807) is 12.1 Å². The minimum atomic E-state index is -3.96. The summed E-state index contributed by atoms with van der Waals surface area (Å²) in [6.45, 7) is 1.56. The number of hydrogen-bond acceptors (Lipinski definition) is 6. The number of methoxy groups -OCH3 is 2. The van der Waals surface area contributed by atoms with Gasteiger partial charge in [0.2, 0.25) is 21.8 Å². The first-order chi connectivity index (χ1) is 21.1. The second-order valence-electron chi connectivity index (χ2n) is 11.4. The van der Waals surface area contributed by atoms with Gasteiger partial charge in [0.15, 0.2) is 0 Å². The average Bonchev–Trinajstić information content (AvgIpc) is 3.01. The van der Waals surface area contributed by atoms with E-state index < -0.39 is 28.5 Å². The minimum Gasteiger partial charge on any atom is -0.497 e. The summed E-state index contributed by atoms with van der Waals surface area (Å²) in [5, 5.41) is 3.22. The maximum Gasteiger partial charge on any atom is 0.244 e. The Balaban J connectivity index is 1.76. The molecule has 1 fully saturated rings. The Morgan fingerprint density at radius 2 is 1.61 bits per heavy atom. The Hall–Kier alpha value is -4.05. The molecule has 0 spiro atoms. The first-order valence-corrected chi connectivity index (χ1v) is 16.8. The summed E-state index contributed by atoms with van der Waals surface area (Å²) in [7, 11) is -1.05. The fourth-order valence-electron chi connectivity index (χ4n) is 5.69. The van der Waals surface area contributed by atoms with Crippen LogP contribution < -0.4 is 19.1 Å². The van der Waals surface area contributed by atoms with E-state index in [9.17, 15) is 18.0 Å². The second kappa shape index (κ2) is 15.1. The molecule has 1 aliphatic carbocycles. The third-order valence-corrected chi connectivity index (χ3v) is 9.12. The normalized spacial score (nSPS) is 14.4. The third-order valence-electron chi connectivity index (χ3n) is 7.99. The van der Waals surface area contributed by atoms with Gasteiger partial charge in [0.25, 0.3) is 0 Å². The molecular formula is C34H43N3O6S. The number of carbonyl (C=O) groups excluding carboxylic acids is 2. The first kappa shape index (κ1) is 32.9. The molecule has 2 amide bonds. The lowest BCUT2D eigenvalue weighted by Gasteiger charge is -2.35. The lowest BCUT2D eigenvalue weighted by Crippen LogP contribution is -2.55. The largest absolute Gasteiger partial charge is 0.497 e. The van der Waals surface area contributed by atoms with Crippen LogP contribution in [0.4, 0.5) is 5.69 Å². The monoisotopic (exact) mass is 621 g/mol. The van der Waals surface area contributed by atoms with Crippen molar-refractivity contribution in [1.29, 1.82) is 0 Å². The number of ether oxygens (including phenoxy) is 2. The summed E-state index contributed by atoms with van der Waals surface area (Å²) < 4.78 is 38.2. The fraction of sp³-hybridized carbons (Fsp3) is 0.412. The molecule has 236 valence electrons. The molecule has 44 heavy (non-hydrogen) atoms. The van der Waals surface area contributed by atoms with Gasteiger partial charge in [0.1, 0.15) is 24.1 Å². The highest BCUT2D eigenvalue weighted by atomic mass is 32.2. The molecule has 1 aliphatic rings. The molecule has 0 aliphatic heterocycles. The predicted octanol–water partition coefficient (Wildman–Crippen LogP) is 4.87. The summed E-state index contributed by atoms with van der Waals surface area (Å²) >= 11 is 0. The quantitative estimate of drug-likeness (QED) is 0.292. The number of rotatable bonds is 13. The standard InChI is InChI=1S/C34H43N3O6S/c1-25-12-11-15-27(20-25)23-36(31(21-26-13-7-5-8-14-26)34(39)35-28-16-9-6-10-17-28)33(38)24-37(44(4,40)41)30-22-29(42-2)18-19-32(30)43-3/h5,7-8,11-15,18-20,22,28,31H,6,9-10,16-17,21,23-24H2,1-4H3,(H,35,39)/t31-/m0/s1. The zero-order valence-electron chi connectivity index (χ0n) is 26.0. The summed E-state index contributed by atoms with van der Waals surface area (Å²) in [6.07, 6.45) is 6.35. The van der Waals surface area contributed by atoms with Crippen LogP contribution in [-0.2, 0) is 32.6 Å². The first-order valence-electron chi connectivity index (χ1n) is 15.0. The maximum absolute atomic E-state index is 14.4. The van der Waals surface area contributed by atoms with Crippen molar-refractivity contribution in [3.05, 3.63) is 89.5 Å².